The lowest BCUT2D eigenvalue weighted by atomic mass is 9.48. The molecule has 31 heavy (non-hydrogen) atoms. The summed E-state index contributed by atoms with van der Waals surface area (Å²) in [7, 11) is 1.98. The molecule has 166 valence electrons. The Hall–Kier alpha value is -2.30. The van der Waals surface area contributed by atoms with Crippen molar-refractivity contribution in [2.45, 2.75) is 64.5 Å². The summed E-state index contributed by atoms with van der Waals surface area (Å²) < 4.78 is 0. The normalized spacial score (nSPS) is 41.2. The van der Waals surface area contributed by atoms with Crippen LogP contribution in [0.4, 0.5) is 10.5 Å². The summed E-state index contributed by atoms with van der Waals surface area (Å²) >= 11 is 0. The van der Waals surface area contributed by atoms with E-state index in [1.165, 1.54) is 19.3 Å². The van der Waals surface area contributed by atoms with Gasteiger partial charge in [0.2, 0.25) is 5.91 Å². The number of carbonyl (C=O) groups excluding carboxylic acids is 2. The molecule has 0 radical (unpaired) electrons. The van der Waals surface area contributed by atoms with Crippen LogP contribution < -0.4 is 10.6 Å². The number of fused-ring (bicyclic) bond motifs is 5. The van der Waals surface area contributed by atoms with E-state index in [4.69, 9.17) is 0 Å². The molecule has 0 saturated heterocycles. The van der Waals surface area contributed by atoms with E-state index >= 15 is 0 Å². The van der Waals surface area contributed by atoms with Crippen LogP contribution in [-0.4, -0.2) is 36.0 Å². The van der Waals surface area contributed by atoms with Gasteiger partial charge in [-0.05, 0) is 79.9 Å². The molecule has 1 aliphatic heterocycles. The van der Waals surface area contributed by atoms with Crippen molar-refractivity contribution in [3.63, 3.8) is 0 Å². The Morgan fingerprint density at radius 2 is 1.81 bits per heavy atom. The zero-order valence-electron chi connectivity index (χ0n) is 18.9. The first-order chi connectivity index (χ1) is 14.8. The van der Waals surface area contributed by atoms with Crippen molar-refractivity contribution in [3.05, 3.63) is 42.5 Å². The number of rotatable bonds is 2. The molecule has 3 saturated carbocycles. The number of para-hydroxylation sites is 1. The van der Waals surface area contributed by atoms with E-state index in [0.717, 1.165) is 24.9 Å². The fourth-order valence-corrected chi connectivity index (χ4v) is 7.82. The molecule has 0 aromatic heterocycles. The zero-order valence-corrected chi connectivity index (χ0v) is 18.9. The molecule has 0 unspecified atom stereocenters. The van der Waals surface area contributed by atoms with Crippen molar-refractivity contribution in [2.24, 2.45) is 28.6 Å². The molecule has 3 aliphatic carbocycles. The van der Waals surface area contributed by atoms with Gasteiger partial charge in [0.05, 0.1) is 0 Å². The second kappa shape index (κ2) is 7.39. The third-order valence-corrected chi connectivity index (χ3v) is 9.46. The third kappa shape index (κ3) is 3.19. The van der Waals surface area contributed by atoms with E-state index in [9.17, 15) is 9.59 Å². The van der Waals surface area contributed by atoms with Gasteiger partial charge in [0, 0.05) is 30.2 Å². The topological polar surface area (TPSA) is 61.4 Å². The Bertz CT molecular complexity index is 899. The molecule has 0 bridgehead atoms. The molecule has 1 heterocycles. The Kier molecular flexibility index (Phi) is 4.91. The molecule has 4 aliphatic rings. The summed E-state index contributed by atoms with van der Waals surface area (Å²) in [5, 5.41) is 6.32. The fourth-order valence-electron chi connectivity index (χ4n) is 7.82. The van der Waals surface area contributed by atoms with Gasteiger partial charge in [-0.2, -0.15) is 0 Å². The van der Waals surface area contributed by atoms with Gasteiger partial charge in [-0.25, -0.2) is 4.79 Å². The van der Waals surface area contributed by atoms with Gasteiger partial charge in [0.15, 0.2) is 0 Å². The maximum absolute atomic E-state index is 12.7. The Morgan fingerprint density at radius 3 is 2.58 bits per heavy atom. The molecule has 3 fully saturated rings. The number of nitrogens with zero attached hydrogens (tertiary/aromatic N) is 1. The number of benzene rings is 1. The van der Waals surface area contributed by atoms with Crippen LogP contribution in [0.3, 0.4) is 0 Å². The number of anilines is 1. The Balaban J connectivity index is 1.32. The number of nitrogens with one attached hydrogen (secondary N) is 2. The summed E-state index contributed by atoms with van der Waals surface area (Å²) in [6, 6.07) is 10.1. The molecule has 5 rings (SSSR count). The summed E-state index contributed by atoms with van der Waals surface area (Å²) in [6.45, 7) is 4.80. The molecule has 1 aromatic rings. The summed E-state index contributed by atoms with van der Waals surface area (Å²) in [5.41, 5.74) is 1.05. The van der Waals surface area contributed by atoms with Crippen LogP contribution in [0, 0.1) is 28.6 Å². The monoisotopic (exact) mass is 421 g/mol. The van der Waals surface area contributed by atoms with E-state index in [2.05, 4.69) is 30.6 Å². The minimum Gasteiger partial charge on any atom is -0.338 e. The van der Waals surface area contributed by atoms with Crippen molar-refractivity contribution >= 4 is 17.6 Å². The van der Waals surface area contributed by atoms with E-state index in [1.807, 2.05) is 42.3 Å². The average molecular weight is 422 g/mol. The van der Waals surface area contributed by atoms with Gasteiger partial charge in [-0.1, -0.05) is 38.1 Å². The van der Waals surface area contributed by atoms with E-state index in [1.54, 1.807) is 6.08 Å². The van der Waals surface area contributed by atoms with Crippen LogP contribution in [-0.2, 0) is 4.79 Å². The molecular formula is C26H35N3O2. The lowest BCUT2D eigenvalue weighted by Crippen LogP contribution is -2.60. The molecule has 7 atom stereocenters. The summed E-state index contributed by atoms with van der Waals surface area (Å²) in [4.78, 5) is 26.9. The van der Waals surface area contributed by atoms with Crippen molar-refractivity contribution < 1.29 is 9.59 Å². The van der Waals surface area contributed by atoms with Crippen LogP contribution >= 0.6 is 0 Å². The van der Waals surface area contributed by atoms with Crippen LogP contribution in [0.1, 0.15) is 52.4 Å². The van der Waals surface area contributed by atoms with Gasteiger partial charge in [0.1, 0.15) is 0 Å². The van der Waals surface area contributed by atoms with Gasteiger partial charge in [0.25, 0.3) is 0 Å². The van der Waals surface area contributed by atoms with Gasteiger partial charge in [-0.3, -0.25) is 4.79 Å². The third-order valence-electron chi connectivity index (χ3n) is 9.46. The van der Waals surface area contributed by atoms with Crippen molar-refractivity contribution in [1.29, 1.82) is 0 Å². The lowest BCUT2D eigenvalue weighted by Gasteiger charge is -2.60. The number of amides is 3. The highest BCUT2D eigenvalue weighted by molar-refractivity contribution is 5.89. The summed E-state index contributed by atoms with van der Waals surface area (Å²) in [6.07, 6.45) is 10.9. The van der Waals surface area contributed by atoms with Crippen molar-refractivity contribution in [1.82, 2.24) is 10.2 Å². The fraction of sp³-hybridized carbons (Fsp3) is 0.615. The molecular weight excluding hydrogens is 386 g/mol. The maximum Gasteiger partial charge on any atom is 0.319 e. The zero-order chi connectivity index (χ0) is 21.8. The molecule has 3 amide bonds. The lowest BCUT2D eigenvalue weighted by molar-refractivity contribution is -0.138. The van der Waals surface area contributed by atoms with E-state index < -0.39 is 0 Å². The molecule has 0 spiro atoms. The molecule has 2 N–H and O–H groups in total. The van der Waals surface area contributed by atoms with Crippen molar-refractivity contribution in [2.75, 3.05) is 12.4 Å². The van der Waals surface area contributed by atoms with Crippen LogP contribution in [0.5, 0.6) is 0 Å². The van der Waals surface area contributed by atoms with Crippen LogP contribution in [0.15, 0.2) is 42.5 Å². The number of urea groups is 1. The quantitative estimate of drug-likeness (QED) is 0.719. The first-order valence-corrected chi connectivity index (χ1v) is 11.9. The highest BCUT2D eigenvalue weighted by Crippen LogP contribution is 2.63. The largest absolute Gasteiger partial charge is 0.338 e. The highest BCUT2D eigenvalue weighted by Gasteiger charge is 2.60. The predicted molar refractivity (Wildman–Crippen MR) is 122 cm³/mol. The summed E-state index contributed by atoms with van der Waals surface area (Å²) in [5.74, 6) is 2.08. The molecule has 1 aromatic carbocycles. The minimum absolute atomic E-state index is 0.0725. The van der Waals surface area contributed by atoms with Gasteiger partial charge >= 0.3 is 6.03 Å². The van der Waals surface area contributed by atoms with E-state index in [0.29, 0.717) is 23.8 Å². The van der Waals surface area contributed by atoms with E-state index in [-0.39, 0.29) is 28.8 Å². The molecule has 5 heteroatoms. The van der Waals surface area contributed by atoms with Crippen LogP contribution in [0.25, 0.3) is 0 Å². The first-order valence-electron chi connectivity index (χ1n) is 11.9. The Labute approximate surface area is 185 Å². The number of hydrogen-bond donors (Lipinski definition) is 2. The average Bonchev–Trinajstić information content (AvgIpc) is 3.08. The van der Waals surface area contributed by atoms with Gasteiger partial charge in [-0.15, -0.1) is 0 Å². The number of carbonyl (C=O) groups is 2. The first kappa shape index (κ1) is 20.6. The van der Waals surface area contributed by atoms with Crippen molar-refractivity contribution in [3.8, 4) is 0 Å². The highest BCUT2D eigenvalue weighted by atomic mass is 16.2. The minimum atomic E-state index is -0.0915. The number of hydrogen-bond acceptors (Lipinski definition) is 2. The van der Waals surface area contributed by atoms with Crippen LogP contribution in [0.2, 0.25) is 0 Å². The second-order valence-corrected chi connectivity index (χ2v) is 10.8. The Morgan fingerprint density at radius 1 is 1.03 bits per heavy atom. The standard InChI is InChI=1S/C26H35N3O2/c1-25-15-13-20-18(9-12-22-26(20,2)16-14-23(30)29(22)3)19(25)10-11-21(25)28-24(31)27-17-7-5-4-6-8-17/h4-8,14,16,18-22H,9-13,15H2,1-3H3,(H2,27,28,31)/t18-,19-,20-,21-,22+,25-,26+/m0/s1. The smallest absolute Gasteiger partial charge is 0.319 e. The predicted octanol–water partition coefficient (Wildman–Crippen LogP) is 4.82. The second-order valence-electron chi connectivity index (χ2n) is 10.8. The maximum atomic E-state index is 12.7. The SMILES string of the molecule is CN1C(=O)C=C[C@]2(C)[C@H]3CC[C@]4(C)[C@@H](NC(=O)Nc5ccccc5)CC[C@H]4[C@@H]3CC[C@@H]12. The number of likely N-dealkylation sites (N-methyl/N-ethyl adjacent to an activating group) is 1. The van der Waals surface area contributed by atoms with Gasteiger partial charge < -0.3 is 15.5 Å². The molecule has 5 nitrogen and oxygen atoms in total.